The molecule has 24 heavy (non-hydrogen) atoms. The van der Waals surface area contributed by atoms with E-state index >= 15 is 0 Å². The van der Waals surface area contributed by atoms with Crippen LogP contribution in [0.1, 0.15) is 5.56 Å². The number of hydrogen-bond donors (Lipinski definition) is 0. The SMILES string of the molecule is O=c1c(-c2ccccc2)nnc2n1N=C(c1ccc(Cl)cc1)CS2. The van der Waals surface area contributed by atoms with Gasteiger partial charge < -0.3 is 0 Å². The van der Waals surface area contributed by atoms with Crippen LogP contribution in [0.5, 0.6) is 0 Å². The average molecular weight is 355 g/mol. The standard InChI is InChI=1S/C17H11ClN4OS/c18-13-8-6-11(7-9-13)14-10-24-17-20-19-15(16(23)22(17)21-14)12-4-2-1-3-5-12/h1-9H,10H2. The van der Waals surface area contributed by atoms with Crippen molar-refractivity contribution in [1.29, 1.82) is 0 Å². The third-order valence-corrected chi connectivity index (χ3v) is 4.78. The van der Waals surface area contributed by atoms with Gasteiger partial charge in [0.1, 0.15) is 0 Å². The fourth-order valence-electron chi connectivity index (χ4n) is 2.39. The Labute approximate surface area is 147 Å². The van der Waals surface area contributed by atoms with E-state index in [2.05, 4.69) is 15.3 Å². The predicted octanol–water partition coefficient (Wildman–Crippen LogP) is 3.32. The third kappa shape index (κ3) is 2.74. The Morgan fingerprint density at radius 1 is 0.958 bits per heavy atom. The van der Waals surface area contributed by atoms with Crippen LogP contribution in [-0.4, -0.2) is 26.3 Å². The van der Waals surface area contributed by atoms with Gasteiger partial charge in [-0.3, -0.25) is 4.79 Å². The molecule has 7 heteroatoms. The molecule has 0 fully saturated rings. The molecule has 1 aliphatic rings. The normalized spacial score (nSPS) is 13.3. The summed E-state index contributed by atoms with van der Waals surface area (Å²) in [6.07, 6.45) is 0. The van der Waals surface area contributed by atoms with Crippen molar-refractivity contribution in [2.75, 3.05) is 5.75 Å². The molecule has 0 atom stereocenters. The molecule has 0 N–H and O–H groups in total. The summed E-state index contributed by atoms with van der Waals surface area (Å²) in [5, 5.41) is 13.9. The molecule has 5 nitrogen and oxygen atoms in total. The minimum Gasteiger partial charge on any atom is -0.265 e. The zero-order chi connectivity index (χ0) is 16.5. The average Bonchev–Trinajstić information content (AvgIpc) is 2.63. The van der Waals surface area contributed by atoms with Crippen molar-refractivity contribution in [3.8, 4) is 11.3 Å². The van der Waals surface area contributed by atoms with Gasteiger partial charge in [-0.1, -0.05) is 65.8 Å². The van der Waals surface area contributed by atoms with Gasteiger partial charge in [-0.2, -0.15) is 9.78 Å². The van der Waals surface area contributed by atoms with Crippen LogP contribution in [0.25, 0.3) is 11.3 Å². The fraction of sp³-hybridized carbons (Fsp3) is 0.0588. The summed E-state index contributed by atoms with van der Waals surface area (Å²) >= 11 is 7.37. The van der Waals surface area contributed by atoms with Gasteiger partial charge in [0.25, 0.3) is 0 Å². The summed E-state index contributed by atoms with van der Waals surface area (Å²) in [4.78, 5) is 12.8. The molecule has 2 heterocycles. The van der Waals surface area contributed by atoms with Gasteiger partial charge in [0, 0.05) is 16.3 Å². The van der Waals surface area contributed by atoms with Crippen molar-refractivity contribution in [1.82, 2.24) is 14.9 Å². The first-order chi connectivity index (χ1) is 11.7. The number of aromatic nitrogens is 3. The highest BCUT2D eigenvalue weighted by molar-refractivity contribution is 7.99. The van der Waals surface area contributed by atoms with Gasteiger partial charge in [0.2, 0.25) is 5.16 Å². The van der Waals surface area contributed by atoms with Crippen LogP contribution in [0.15, 0.2) is 69.6 Å². The number of hydrogen-bond acceptors (Lipinski definition) is 5. The molecule has 118 valence electrons. The van der Waals surface area contributed by atoms with E-state index in [0.717, 1.165) is 16.8 Å². The highest BCUT2D eigenvalue weighted by atomic mass is 35.5. The maximum Gasteiger partial charge on any atom is 0.301 e. The molecule has 4 rings (SSSR count). The lowest BCUT2D eigenvalue weighted by Crippen LogP contribution is -2.28. The molecule has 0 radical (unpaired) electrons. The summed E-state index contributed by atoms with van der Waals surface area (Å²) in [6, 6.07) is 16.7. The van der Waals surface area contributed by atoms with Crippen molar-refractivity contribution in [3.05, 3.63) is 75.5 Å². The van der Waals surface area contributed by atoms with E-state index in [1.165, 1.54) is 16.4 Å². The van der Waals surface area contributed by atoms with Crippen molar-refractivity contribution in [2.24, 2.45) is 5.10 Å². The van der Waals surface area contributed by atoms with Gasteiger partial charge in [-0.25, -0.2) is 0 Å². The van der Waals surface area contributed by atoms with E-state index in [-0.39, 0.29) is 5.56 Å². The number of halogens is 1. The van der Waals surface area contributed by atoms with Crippen molar-refractivity contribution in [3.63, 3.8) is 0 Å². The van der Waals surface area contributed by atoms with Gasteiger partial charge in [0.15, 0.2) is 5.69 Å². The molecular formula is C17H11ClN4OS. The maximum atomic E-state index is 12.8. The quantitative estimate of drug-likeness (QED) is 0.708. The molecule has 0 bridgehead atoms. The van der Waals surface area contributed by atoms with Crippen LogP contribution >= 0.6 is 23.4 Å². The Kier molecular flexibility index (Phi) is 3.92. The summed E-state index contributed by atoms with van der Waals surface area (Å²) in [5.41, 5.74) is 2.48. The van der Waals surface area contributed by atoms with Crippen molar-refractivity contribution in [2.45, 2.75) is 5.16 Å². The van der Waals surface area contributed by atoms with Crippen LogP contribution in [0.3, 0.4) is 0 Å². The third-order valence-electron chi connectivity index (χ3n) is 3.60. The fourth-order valence-corrected chi connectivity index (χ4v) is 3.35. The second-order valence-corrected chi connectivity index (χ2v) is 6.54. The number of rotatable bonds is 2. The second kappa shape index (κ2) is 6.22. The van der Waals surface area contributed by atoms with E-state index in [4.69, 9.17) is 11.6 Å². The molecule has 0 aliphatic carbocycles. The molecule has 3 aromatic rings. The predicted molar refractivity (Wildman–Crippen MR) is 95.8 cm³/mol. The van der Waals surface area contributed by atoms with E-state index in [0.29, 0.717) is 21.6 Å². The zero-order valence-electron chi connectivity index (χ0n) is 12.4. The van der Waals surface area contributed by atoms with Crippen LogP contribution < -0.4 is 5.56 Å². The van der Waals surface area contributed by atoms with Gasteiger partial charge in [0.05, 0.1) is 5.71 Å². The lowest BCUT2D eigenvalue weighted by molar-refractivity contribution is 0.645. The van der Waals surface area contributed by atoms with E-state index in [9.17, 15) is 4.79 Å². The van der Waals surface area contributed by atoms with E-state index < -0.39 is 0 Å². The number of nitrogens with zero attached hydrogens (tertiary/aromatic N) is 4. The molecule has 1 aromatic heterocycles. The molecular weight excluding hydrogens is 344 g/mol. The Bertz CT molecular complexity index is 984. The Morgan fingerprint density at radius 3 is 2.46 bits per heavy atom. The van der Waals surface area contributed by atoms with Gasteiger partial charge in [-0.15, -0.1) is 10.2 Å². The molecule has 0 unspecified atom stereocenters. The smallest absolute Gasteiger partial charge is 0.265 e. The van der Waals surface area contributed by atoms with Gasteiger partial charge >= 0.3 is 5.56 Å². The monoisotopic (exact) mass is 354 g/mol. The van der Waals surface area contributed by atoms with Crippen LogP contribution in [-0.2, 0) is 0 Å². The molecule has 2 aromatic carbocycles. The summed E-state index contributed by atoms with van der Waals surface area (Å²) in [6.45, 7) is 0. The molecule has 0 saturated carbocycles. The first-order valence-electron chi connectivity index (χ1n) is 7.24. The van der Waals surface area contributed by atoms with E-state index in [1.807, 2.05) is 54.6 Å². The molecule has 1 aliphatic heterocycles. The molecule has 0 spiro atoms. The van der Waals surface area contributed by atoms with Crippen molar-refractivity contribution < 1.29 is 0 Å². The van der Waals surface area contributed by atoms with E-state index in [1.54, 1.807) is 0 Å². The topological polar surface area (TPSA) is 60.1 Å². The molecule has 0 saturated heterocycles. The van der Waals surface area contributed by atoms with Crippen LogP contribution in [0, 0.1) is 0 Å². The lowest BCUT2D eigenvalue weighted by Gasteiger charge is -2.15. The lowest BCUT2D eigenvalue weighted by atomic mass is 10.1. The Balaban J connectivity index is 1.83. The second-order valence-electron chi connectivity index (χ2n) is 5.16. The summed E-state index contributed by atoms with van der Waals surface area (Å²) in [5.74, 6) is 0.625. The number of thioether (sulfide) groups is 1. The summed E-state index contributed by atoms with van der Waals surface area (Å²) < 4.78 is 1.33. The largest absolute Gasteiger partial charge is 0.301 e. The highest BCUT2D eigenvalue weighted by Gasteiger charge is 2.20. The van der Waals surface area contributed by atoms with Crippen molar-refractivity contribution >= 4 is 29.1 Å². The maximum absolute atomic E-state index is 12.8. The van der Waals surface area contributed by atoms with Gasteiger partial charge in [-0.05, 0) is 17.7 Å². The summed E-state index contributed by atoms with van der Waals surface area (Å²) in [7, 11) is 0. The van der Waals surface area contributed by atoms with Crippen LogP contribution in [0.2, 0.25) is 5.02 Å². The zero-order valence-corrected chi connectivity index (χ0v) is 14.0. The first kappa shape index (κ1) is 15.1. The molecule has 0 amide bonds. The minimum absolute atomic E-state index is 0.273. The Hall–Kier alpha value is -2.44. The van der Waals surface area contributed by atoms with Crippen LogP contribution in [0.4, 0.5) is 0 Å². The minimum atomic E-state index is -0.273. The Morgan fingerprint density at radius 2 is 1.71 bits per heavy atom. The first-order valence-corrected chi connectivity index (χ1v) is 8.60. The highest BCUT2D eigenvalue weighted by Crippen LogP contribution is 2.23. The number of benzene rings is 2. The number of fused-ring (bicyclic) bond motifs is 1.